The maximum atomic E-state index is 5.55. The minimum atomic E-state index is 0.0443. The minimum Gasteiger partial charge on any atom is -0.324 e. The third-order valence-corrected chi connectivity index (χ3v) is 3.80. The van der Waals surface area contributed by atoms with Crippen molar-refractivity contribution in [2.24, 2.45) is 17.8 Å². The van der Waals surface area contributed by atoms with Gasteiger partial charge in [-0.25, -0.2) is 0 Å². The molecular weight excluding hydrogens is 176 g/mol. The number of ether oxygens (including phenoxy) is 2. The molecule has 0 N–H and O–H groups in total. The Kier molecular flexibility index (Phi) is 3.13. The molecule has 2 fully saturated rings. The molecule has 0 radical (unpaired) electrons. The van der Waals surface area contributed by atoms with Crippen LogP contribution in [0.2, 0.25) is 0 Å². The van der Waals surface area contributed by atoms with Crippen LogP contribution in [-0.4, -0.2) is 12.6 Å². The highest BCUT2D eigenvalue weighted by Gasteiger charge is 2.36. The Balaban J connectivity index is 1.73. The summed E-state index contributed by atoms with van der Waals surface area (Å²) in [5.41, 5.74) is 0. The molecule has 1 aliphatic heterocycles. The molecule has 0 aromatic heterocycles. The van der Waals surface area contributed by atoms with E-state index in [0.717, 1.165) is 11.8 Å². The lowest BCUT2D eigenvalue weighted by molar-refractivity contribution is -0.394. The van der Waals surface area contributed by atoms with Crippen LogP contribution in [-0.2, 0) is 9.47 Å². The fourth-order valence-corrected chi connectivity index (χ4v) is 2.69. The van der Waals surface area contributed by atoms with Crippen molar-refractivity contribution in [2.45, 2.75) is 59.0 Å². The van der Waals surface area contributed by atoms with Crippen LogP contribution in [0, 0.1) is 17.8 Å². The quantitative estimate of drug-likeness (QED) is 0.678. The van der Waals surface area contributed by atoms with Crippen molar-refractivity contribution in [3.8, 4) is 0 Å². The lowest BCUT2D eigenvalue weighted by Crippen LogP contribution is -2.45. The number of hydrogen-bond acceptors (Lipinski definition) is 2. The average molecular weight is 198 g/mol. The summed E-state index contributed by atoms with van der Waals surface area (Å²) in [5.74, 6) is 2.45. The summed E-state index contributed by atoms with van der Waals surface area (Å²) in [6, 6.07) is 0. The summed E-state index contributed by atoms with van der Waals surface area (Å²) in [6.45, 7) is 6.64. The van der Waals surface area contributed by atoms with Crippen LogP contribution in [0.4, 0.5) is 0 Å². The van der Waals surface area contributed by atoms with Crippen molar-refractivity contribution in [3.63, 3.8) is 0 Å². The Bertz CT molecular complexity index is 177. The van der Waals surface area contributed by atoms with E-state index in [9.17, 15) is 0 Å². The number of hydrogen-bond donors (Lipinski definition) is 0. The zero-order chi connectivity index (χ0) is 10.1. The van der Waals surface area contributed by atoms with Gasteiger partial charge in [-0.15, -0.1) is 0 Å². The molecule has 1 heterocycles. The number of rotatable bonds is 2. The Morgan fingerprint density at radius 1 is 1.00 bits per heavy atom. The van der Waals surface area contributed by atoms with Crippen molar-refractivity contribution >= 4 is 0 Å². The van der Waals surface area contributed by atoms with Crippen molar-refractivity contribution in [3.05, 3.63) is 0 Å². The van der Waals surface area contributed by atoms with E-state index in [1.165, 1.54) is 25.7 Å². The van der Waals surface area contributed by atoms with Crippen LogP contribution in [0.25, 0.3) is 0 Å². The highest BCUT2D eigenvalue weighted by molar-refractivity contribution is 4.78. The topological polar surface area (TPSA) is 18.5 Å². The molecule has 0 aromatic carbocycles. The van der Waals surface area contributed by atoms with Gasteiger partial charge in [-0.2, -0.15) is 0 Å². The summed E-state index contributed by atoms with van der Waals surface area (Å²) in [6.07, 6.45) is 5.47. The van der Waals surface area contributed by atoms with Gasteiger partial charge in [0.1, 0.15) is 0 Å². The zero-order valence-corrected chi connectivity index (χ0v) is 9.53. The fraction of sp³-hybridized carbons (Fsp3) is 1.00. The molecule has 0 atom stereocenters. The highest BCUT2D eigenvalue weighted by Crippen LogP contribution is 2.38. The molecule has 1 saturated heterocycles. The molecule has 1 aliphatic carbocycles. The van der Waals surface area contributed by atoms with E-state index >= 15 is 0 Å². The van der Waals surface area contributed by atoms with Gasteiger partial charge < -0.3 is 9.47 Å². The lowest BCUT2D eigenvalue weighted by Gasteiger charge is -2.42. The van der Waals surface area contributed by atoms with Crippen molar-refractivity contribution in [2.75, 3.05) is 0 Å². The second-order valence-corrected chi connectivity index (χ2v) is 5.13. The van der Waals surface area contributed by atoms with Gasteiger partial charge in [-0.3, -0.25) is 0 Å². The molecule has 2 heteroatoms. The molecule has 82 valence electrons. The van der Waals surface area contributed by atoms with E-state index in [-0.39, 0.29) is 12.6 Å². The Hall–Kier alpha value is -0.0800. The largest absolute Gasteiger partial charge is 0.324 e. The Labute approximate surface area is 87.0 Å². The maximum Gasteiger partial charge on any atom is 0.166 e. The lowest BCUT2D eigenvalue weighted by atomic mass is 9.76. The first kappa shape index (κ1) is 10.4. The zero-order valence-electron chi connectivity index (χ0n) is 9.53. The van der Waals surface area contributed by atoms with E-state index in [4.69, 9.17) is 9.47 Å². The van der Waals surface area contributed by atoms with Gasteiger partial charge in [0.05, 0.1) is 0 Å². The van der Waals surface area contributed by atoms with Gasteiger partial charge in [-0.1, -0.05) is 13.8 Å². The van der Waals surface area contributed by atoms with Gasteiger partial charge in [0.2, 0.25) is 0 Å². The van der Waals surface area contributed by atoms with Crippen LogP contribution in [0.5, 0.6) is 0 Å². The molecule has 0 bridgehead atoms. The highest BCUT2D eigenvalue weighted by atomic mass is 16.9. The predicted molar refractivity (Wildman–Crippen MR) is 55.7 cm³/mol. The molecule has 0 amide bonds. The van der Waals surface area contributed by atoms with E-state index in [1.807, 2.05) is 6.92 Å². The molecule has 0 unspecified atom stereocenters. The van der Waals surface area contributed by atoms with Crippen LogP contribution in [0.1, 0.15) is 46.5 Å². The van der Waals surface area contributed by atoms with Crippen LogP contribution >= 0.6 is 0 Å². The first-order valence-electron chi connectivity index (χ1n) is 5.97. The third kappa shape index (κ3) is 2.12. The monoisotopic (exact) mass is 198 g/mol. The molecule has 2 aliphatic rings. The van der Waals surface area contributed by atoms with Gasteiger partial charge in [0.25, 0.3) is 0 Å². The standard InChI is InChI=1S/C12H22O2/c1-8(2)10-4-6-11(7-5-10)12-13-9(3)14-12/h8-12H,4-7H2,1-3H3. The summed E-state index contributed by atoms with van der Waals surface area (Å²) >= 11 is 0. The van der Waals surface area contributed by atoms with Crippen LogP contribution in [0.15, 0.2) is 0 Å². The van der Waals surface area contributed by atoms with E-state index in [0.29, 0.717) is 5.92 Å². The average Bonchev–Trinajstić information content (AvgIpc) is 2.13. The maximum absolute atomic E-state index is 5.55. The minimum absolute atomic E-state index is 0.0443. The van der Waals surface area contributed by atoms with Crippen LogP contribution < -0.4 is 0 Å². The molecule has 2 nitrogen and oxygen atoms in total. The van der Waals surface area contributed by atoms with E-state index < -0.39 is 0 Å². The molecule has 0 aromatic rings. The second-order valence-electron chi connectivity index (χ2n) is 5.13. The van der Waals surface area contributed by atoms with Crippen molar-refractivity contribution in [1.29, 1.82) is 0 Å². The summed E-state index contributed by atoms with van der Waals surface area (Å²) in [5, 5.41) is 0. The predicted octanol–water partition coefficient (Wildman–Crippen LogP) is 3.17. The SMILES string of the molecule is CC1OC(C2CCC(C(C)C)CC2)O1. The van der Waals surface area contributed by atoms with Crippen LogP contribution in [0.3, 0.4) is 0 Å². The molecule has 14 heavy (non-hydrogen) atoms. The Morgan fingerprint density at radius 3 is 2.00 bits per heavy atom. The van der Waals surface area contributed by atoms with Gasteiger partial charge in [0, 0.05) is 5.92 Å². The van der Waals surface area contributed by atoms with E-state index in [1.54, 1.807) is 0 Å². The summed E-state index contributed by atoms with van der Waals surface area (Å²) in [4.78, 5) is 0. The normalized spacial score (nSPS) is 43.7. The molecule has 2 rings (SSSR count). The smallest absolute Gasteiger partial charge is 0.166 e. The summed E-state index contributed by atoms with van der Waals surface area (Å²) in [7, 11) is 0. The molecule has 1 saturated carbocycles. The van der Waals surface area contributed by atoms with Gasteiger partial charge in [0.15, 0.2) is 12.6 Å². The first-order valence-corrected chi connectivity index (χ1v) is 5.97. The van der Waals surface area contributed by atoms with Gasteiger partial charge >= 0.3 is 0 Å². The second kappa shape index (κ2) is 4.19. The summed E-state index contributed by atoms with van der Waals surface area (Å²) < 4.78 is 11.1. The van der Waals surface area contributed by atoms with Crippen molar-refractivity contribution < 1.29 is 9.47 Å². The van der Waals surface area contributed by atoms with Gasteiger partial charge in [-0.05, 0) is 44.4 Å². The van der Waals surface area contributed by atoms with E-state index in [2.05, 4.69) is 13.8 Å². The first-order chi connectivity index (χ1) is 6.66. The molecule has 0 spiro atoms. The van der Waals surface area contributed by atoms with Crippen molar-refractivity contribution in [1.82, 2.24) is 0 Å². The molecular formula is C12H22O2. The fourth-order valence-electron chi connectivity index (χ4n) is 2.69. The third-order valence-electron chi connectivity index (χ3n) is 3.80. The Morgan fingerprint density at radius 2 is 1.57 bits per heavy atom.